The fourth-order valence-electron chi connectivity index (χ4n) is 2.98. The highest BCUT2D eigenvalue weighted by atomic mass is 16.7. The topological polar surface area (TPSA) is 205 Å². The summed E-state index contributed by atoms with van der Waals surface area (Å²) in [5.41, 5.74) is 5.36. The zero-order valence-corrected chi connectivity index (χ0v) is 14.6. The van der Waals surface area contributed by atoms with Crippen molar-refractivity contribution < 1.29 is 54.7 Å². The fraction of sp³-hybridized carbons (Fsp3) is 1.00. The second-order valence-electron chi connectivity index (χ2n) is 6.52. The van der Waals surface area contributed by atoms with Gasteiger partial charge in [-0.3, -0.25) is 0 Å². The molecule has 0 spiro atoms. The molecule has 12 nitrogen and oxygen atoms in total. The van der Waals surface area contributed by atoms with Gasteiger partial charge in [0.15, 0.2) is 12.6 Å². The molecule has 0 aromatic rings. The van der Waals surface area contributed by atoms with E-state index in [0.717, 1.165) is 0 Å². The van der Waals surface area contributed by atoms with Crippen molar-refractivity contribution in [2.24, 2.45) is 5.73 Å². The van der Waals surface area contributed by atoms with Gasteiger partial charge < -0.3 is 60.4 Å². The Bertz CT molecular complexity index is 440. The SMILES string of the molecule is NCCCO[C@@H]1O[C@H](CO)[C@@H](O[C@@H]2O[C@H](CO)[C@H](O)[C@H](O)[C@H]2O)[C@H](O)[C@H]1O. The zero-order valence-electron chi connectivity index (χ0n) is 14.6. The van der Waals surface area contributed by atoms with Crippen molar-refractivity contribution in [2.45, 2.75) is 67.8 Å². The van der Waals surface area contributed by atoms with Gasteiger partial charge in [0.05, 0.1) is 19.8 Å². The van der Waals surface area contributed by atoms with Gasteiger partial charge in [-0.2, -0.15) is 0 Å². The minimum atomic E-state index is -1.70. The maximum absolute atomic E-state index is 10.4. The molecule has 0 aromatic heterocycles. The lowest BCUT2D eigenvalue weighted by Gasteiger charge is -2.45. The summed E-state index contributed by atoms with van der Waals surface area (Å²) < 4.78 is 21.3. The maximum atomic E-state index is 10.4. The second-order valence-corrected chi connectivity index (χ2v) is 6.52. The Kier molecular flexibility index (Phi) is 8.73. The Morgan fingerprint density at radius 3 is 1.93 bits per heavy atom. The van der Waals surface area contributed by atoms with Crippen molar-refractivity contribution in [2.75, 3.05) is 26.4 Å². The first-order valence-electron chi connectivity index (χ1n) is 8.75. The summed E-state index contributed by atoms with van der Waals surface area (Å²) >= 11 is 0. The number of ether oxygens (including phenoxy) is 4. The summed E-state index contributed by atoms with van der Waals surface area (Å²) in [4.78, 5) is 0. The molecule has 9 N–H and O–H groups in total. The summed E-state index contributed by atoms with van der Waals surface area (Å²) in [7, 11) is 0. The van der Waals surface area contributed by atoms with E-state index in [-0.39, 0.29) is 6.61 Å². The Morgan fingerprint density at radius 2 is 1.33 bits per heavy atom. The van der Waals surface area contributed by atoms with Crippen LogP contribution in [0.15, 0.2) is 0 Å². The van der Waals surface area contributed by atoms with Gasteiger partial charge in [-0.25, -0.2) is 0 Å². The van der Waals surface area contributed by atoms with Gasteiger partial charge in [0, 0.05) is 0 Å². The Hall–Kier alpha value is -0.480. The molecule has 160 valence electrons. The normalized spacial score (nSPS) is 45.8. The third kappa shape index (κ3) is 5.12. The number of aliphatic hydroxyl groups is 7. The van der Waals surface area contributed by atoms with Crippen LogP contribution < -0.4 is 5.73 Å². The van der Waals surface area contributed by atoms with Crippen LogP contribution in [0.5, 0.6) is 0 Å². The largest absolute Gasteiger partial charge is 0.394 e. The van der Waals surface area contributed by atoms with Crippen LogP contribution in [0.2, 0.25) is 0 Å². The van der Waals surface area contributed by atoms with Crippen molar-refractivity contribution in [1.29, 1.82) is 0 Å². The van der Waals surface area contributed by atoms with E-state index >= 15 is 0 Å². The van der Waals surface area contributed by atoms with Crippen LogP contribution in [-0.4, -0.2) is 124 Å². The van der Waals surface area contributed by atoms with Gasteiger partial charge in [-0.1, -0.05) is 0 Å². The molecule has 27 heavy (non-hydrogen) atoms. The summed E-state index contributed by atoms with van der Waals surface area (Å²) in [5, 5.41) is 68.9. The highest BCUT2D eigenvalue weighted by Gasteiger charge is 2.50. The van der Waals surface area contributed by atoms with E-state index < -0.39 is 74.6 Å². The molecule has 0 radical (unpaired) electrons. The Labute approximate surface area is 155 Å². The van der Waals surface area contributed by atoms with E-state index in [4.69, 9.17) is 24.7 Å². The molecular formula is C15H29NO11. The molecule has 0 bridgehead atoms. The average Bonchev–Trinajstić information content (AvgIpc) is 2.67. The minimum Gasteiger partial charge on any atom is -0.394 e. The molecule has 2 aliphatic heterocycles. The summed E-state index contributed by atoms with van der Waals surface area (Å²) in [6.45, 7) is -0.737. The van der Waals surface area contributed by atoms with Crippen molar-refractivity contribution in [1.82, 2.24) is 0 Å². The molecule has 2 saturated heterocycles. The average molecular weight is 399 g/mol. The molecule has 0 aliphatic carbocycles. The Balaban J connectivity index is 2.06. The molecule has 0 aromatic carbocycles. The predicted molar refractivity (Wildman–Crippen MR) is 86.0 cm³/mol. The van der Waals surface area contributed by atoms with Crippen molar-refractivity contribution >= 4 is 0 Å². The molecule has 0 unspecified atom stereocenters. The first kappa shape index (κ1) is 22.8. The quantitative estimate of drug-likeness (QED) is 0.181. The number of rotatable bonds is 8. The van der Waals surface area contributed by atoms with Crippen LogP contribution in [0, 0.1) is 0 Å². The molecule has 2 rings (SSSR count). The third-order valence-electron chi connectivity index (χ3n) is 4.59. The van der Waals surface area contributed by atoms with Crippen LogP contribution in [-0.2, 0) is 18.9 Å². The maximum Gasteiger partial charge on any atom is 0.187 e. The van der Waals surface area contributed by atoms with Gasteiger partial charge in [-0.15, -0.1) is 0 Å². The van der Waals surface area contributed by atoms with Crippen LogP contribution in [0.3, 0.4) is 0 Å². The van der Waals surface area contributed by atoms with Gasteiger partial charge in [0.25, 0.3) is 0 Å². The van der Waals surface area contributed by atoms with Crippen LogP contribution in [0.4, 0.5) is 0 Å². The molecule has 2 heterocycles. The van der Waals surface area contributed by atoms with Crippen molar-refractivity contribution in [3.05, 3.63) is 0 Å². The van der Waals surface area contributed by atoms with Gasteiger partial charge >= 0.3 is 0 Å². The van der Waals surface area contributed by atoms with E-state index in [1.54, 1.807) is 0 Å². The highest BCUT2D eigenvalue weighted by molar-refractivity contribution is 4.94. The molecule has 10 atom stereocenters. The lowest BCUT2D eigenvalue weighted by molar-refractivity contribution is -0.359. The van der Waals surface area contributed by atoms with Crippen LogP contribution >= 0.6 is 0 Å². The molecular weight excluding hydrogens is 370 g/mol. The lowest BCUT2D eigenvalue weighted by atomic mass is 9.97. The second kappa shape index (κ2) is 10.3. The highest BCUT2D eigenvalue weighted by Crippen LogP contribution is 2.29. The van der Waals surface area contributed by atoms with E-state index in [1.165, 1.54) is 0 Å². The zero-order chi connectivity index (χ0) is 20.1. The number of hydrogen-bond donors (Lipinski definition) is 8. The molecule has 2 fully saturated rings. The number of hydrogen-bond acceptors (Lipinski definition) is 12. The first-order valence-corrected chi connectivity index (χ1v) is 8.75. The summed E-state index contributed by atoms with van der Waals surface area (Å²) in [5.74, 6) is 0. The van der Waals surface area contributed by atoms with Crippen LogP contribution in [0.25, 0.3) is 0 Å². The standard InChI is InChI=1S/C15H29NO11/c16-2-1-3-24-14-12(23)10(21)13(7(5-18)26-14)27-15-11(22)9(20)8(19)6(4-17)25-15/h6-15,17-23H,1-5,16H2/t6-,7-,8+,9+,10-,11-,12-,13-,14-,15+/m1/s1. The minimum absolute atomic E-state index is 0.168. The van der Waals surface area contributed by atoms with E-state index in [1.807, 2.05) is 0 Å². The lowest BCUT2D eigenvalue weighted by Crippen LogP contribution is -2.64. The van der Waals surface area contributed by atoms with E-state index in [9.17, 15) is 35.7 Å². The smallest absolute Gasteiger partial charge is 0.187 e. The first-order chi connectivity index (χ1) is 12.8. The Morgan fingerprint density at radius 1 is 0.741 bits per heavy atom. The van der Waals surface area contributed by atoms with Crippen molar-refractivity contribution in [3.8, 4) is 0 Å². The summed E-state index contributed by atoms with van der Waals surface area (Å²) in [6, 6.07) is 0. The number of aliphatic hydroxyl groups excluding tert-OH is 7. The predicted octanol–water partition coefficient (Wildman–Crippen LogP) is -5.02. The van der Waals surface area contributed by atoms with Gasteiger partial charge in [0.2, 0.25) is 0 Å². The van der Waals surface area contributed by atoms with E-state index in [0.29, 0.717) is 13.0 Å². The van der Waals surface area contributed by atoms with Gasteiger partial charge in [-0.05, 0) is 13.0 Å². The third-order valence-corrected chi connectivity index (χ3v) is 4.59. The fourth-order valence-corrected chi connectivity index (χ4v) is 2.98. The van der Waals surface area contributed by atoms with Gasteiger partial charge in [0.1, 0.15) is 48.8 Å². The molecule has 12 heteroatoms. The molecule has 0 amide bonds. The molecule has 0 saturated carbocycles. The summed E-state index contributed by atoms with van der Waals surface area (Å²) in [6.07, 6.45) is -14.0. The van der Waals surface area contributed by atoms with Crippen LogP contribution in [0.1, 0.15) is 6.42 Å². The number of nitrogens with two attached hydrogens (primary N) is 1. The van der Waals surface area contributed by atoms with E-state index in [2.05, 4.69) is 0 Å². The monoisotopic (exact) mass is 399 g/mol. The molecule has 2 aliphatic rings. The van der Waals surface area contributed by atoms with Crippen molar-refractivity contribution in [3.63, 3.8) is 0 Å².